The van der Waals surface area contributed by atoms with E-state index in [-0.39, 0.29) is 17.5 Å². The van der Waals surface area contributed by atoms with Crippen LogP contribution in [0.2, 0.25) is 0 Å². The highest BCUT2D eigenvalue weighted by molar-refractivity contribution is 5.80. The summed E-state index contributed by atoms with van der Waals surface area (Å²) in [7, 11) is 2.11. The van der Waals surface area contributed by atoms with Crippen LogP contribution in [0.1, 0.15) is 39.5 Å². The minimum absolute atomic E-state index is 0.0786. The summed E-state index contributed by atoms with van der Waals surface area (Å²) in [5, 5.41) is 0. The van der Waals surface area contributed by atoms with E-state index in [1.807, 2.05) is 0 Å². The zero-order valence-corrected chi connectivity index (χ0v) is 12.0. The lowest BCUT2D eigenvalue weighted by Crippen LogP contribution is -2.58. The molecular formula is C14H27N3O. The number of carbonyl (C=O) groups excluding carboxylic acids is 1. The first kappa shape index (κ1) is 13.8. The second-order valence-corrected chi connectivity index (χ2v) is 6.66. The Labute approximate surface area is 110 Å². The van der Waals surface area contributed by atoms with Crippen LogP contribution in [0.15, 0.2) is 0 Å². The fourth-order valence-corrected chi connectivity index (χ4v) is 3.45. The van der Waals surface area contributed by atoms with Gasteiger partial charge in [0.05, 0.1) is 5.92 Å². The normalized spacial score (nSPS) is 33.4. The smallest absolute Gasteiger partial charge is 0.227 e. The zero-order chi connectivity index (χ0) is 13.3. The molecule has 104 valence electrons. The lowest BCUT2D eigenvalue weighted by Gasteiger charge is -2.47. The van der Waals surface area contributed by atoms with Crippen LogP contribution in [0.3, 0.4) is 0 Å². The van der Waals surface area contributed by atoms with Crippen molar-refractivity contribution in [3.05, 3.63) is 0 Å². The van der Waals surface area contributed by atoms with Crippen LogP contribution < -0.4 is 5.73 Å². The summed E-state index contributed by atoms with van der Waals surface area (Å²) in [5.41, 5.74) is 5.95. The van der Waals surface area contributed by atoms with Crippen molar-refractivity contribution < 1.29 is 4.79 Å². The van der Waals surface area contributed by atoms with Gasteiger partial charge in [-0.1, -0.05) is 0 Å². The van der Waals surface area contributed by atoms with Crippen LogP contribution in [0.5, 0.6) is 0 Å². The van der Waals surface area contributed by atoms with Gasteiger partial charge in [-0.05, 0) is 53.1 Å². The summed E-state index contributed by atoms with van der Waals surface area (Å²) in [6.45, 7) is 7.16. The monoisotopic (exact) mass is 253 g/mol. The van der Waals surface area contributed by atoms with Gasteiger partial charge < -0.3 is 15.5 Å². The van der Waals surface area contributed by atoms with Gasteiger partial charge in [-0.3, -0.25) is 4.79 Å². The first-order chi connectivity index (χ1) is 8.40. The Morgan fingerprint density at radius 3 is 2.61 bits per heavy atom. The van der Waals surface area contributed by atoms with Crippen molar-refractivity contribution in [2.75, 3.05) is 26.7 Å². The first-order valence-electron chi connectivity index (χ1n) is 7.16. The number of piperidine rings is 2. The van der Waals surface area contributed by atoms with Gasteiger partial charge in [0.25, 0.3) is 0 Å². The number of likely N-dealkylation sites (tertiary alicyclic amines) is 2. The maximum atomic E-state index is 12.7. The van der Waals surface area contributed by atoms with Crippen molar-refractivity contribution >= 4 is 5.91 Å². The minimum Gasteiger partial charge on any atom is -0.337 e. The summed E-state index contributed by atoms with van der Waals surface area (Å²) in [4.78, 5) is 17.0. The molecule has 4 nitrogen and oxygen atoms in total. The van der Waals surface area contributed by atoms with Crippen molar-refractivity contribution in [2.24, 2.45) is 11.7 Å². The van der Waals surface area contributed by atoms with Crippen molar-refractivity contribution in [2.45, 2.75) is 51.1 Å². The Bertz CT molecular complexity index is 316. The maximum absolute atomic E-state index is 12.7. The number of hydrogen-bond acceptors (Lipinski definition) is 3. The van der Waals surface area contributed by atoms with E-state index in [2.05, 4.69) is 30.7 Å². The van der Waals surface area contributed by atoms with E-state index in [1.165, 1.54) is 0 Å². The van der Waals surface area contributed by atoms with Crippen molar-refractivity contribution in [1.82, 2.24) is 9.80 Å². The van der Waals surface area contributed by atoms with Crippen LogP contribution in [-0.2, 0) is 4.79 Å². The summed E-state index contributed by atoms with van der Waals surface area (Å²) in [6, 6.07) is 0.248. The number of amides is 1. The molecule has 0 spiro atoms. The van der Waals surface area contributed by atoms with Gasteiger partial charge in [0.15, 0.2) is 0 Å². The molecule has 0 bridgehead atoms. The SMILES string of the molecule is CN1CCCC(C(=O)N2CCC(N)CC2(C)C)C1. The Morgan fingerprint density at radius 2 is 2.00 bits per heavy atom. The van der Waals surface area contributed by atoms with Crippen LogP contribution >= 0.6 is 0 Å². The molecule has 2 unspecified atom stereocenters. The fraction of sp³-hybridized carbons (Fsp3) is 0.929. The number of nitrogens with two attached hydrogens (primary N) is 1. The highest BCUT2D eigenvalue weighted by atomic mass is 16.2. The van der Waals surface area contributed by atoms with Crippen molar-refractivity contribution in [3.63, 3.8) is 0 Å². The molecule has 2 N–H and O–H groups in total. The van der Waals surface area contributed by atoms with E-state index < -0.39 is 0 Å². The van der Waals surface area contributed by atoms with E-state index in [1.54, 1.807) is 0 Å². The van der Waals surface area contributed by atoms with E-state index in [9.17, 15) is 4.79 Å². The van der Waals surface area contributed by atoms with Crippen LogP contribution in [0, 0.1) is 5.92 Å². The molecule has 2 heterocycles. The van der Waals surface area contributed by atoms with Gasteiger partial charge in [0.1, 0.15) is 0 Å². The highest BCUT2D eigenvalue weighted by Gasteiger charge is 2.39. The molecule has 0 aliphatic carbocycles. The van der Waals surface area contributed by atoms with E-state index in [0.717, 1.165) is 45.3 Å². The second-order valence-electron chi connectivity index (χ2n) is 6.66. The Balaban J connectivity index is 2.03. The average molecular weight is 253 g/mol. The number of rotatable bonds is 1. The zero-order valence-electron chi connectivity index (χ0n) is 12.0. The summed E-state index contributed by atoms with van der Waals surface area (Å²) in [6.07, 6.45) is 4.04. The molecule has 18 heavy (non-hydrogen) atoms. The summed E-state index contributed by atoms with van der Waals surface area (Å²) < 4.78 is 0. The molecule has 2 atom stereocenters. The third-order valence-electron chi connectivity index (χ3n) is 4.46. The molecule has 0 saturated carbocycles. The van der Waals surface area contributed by atoms with Gasteiger partial charge in [0, 0.05) is 24.7 Å². The molecule has 0 aromatic rings. The average Bonchev–Trinajstić information content (AvgIpc) is 2.27. The molecule has 0 aromatic heterocycles. The van der Waals surface area contributed by atoms with Crippen LogP contribution in [0.4, 0.5) is 0 Å². The first-order valence-corrected chi connectivity index (χ1v) is 7.16. The molecule has 2 aliphatic heterocycles. The van der Waals surface area contributed by atoms with Gasteiger partial charge >= 0.3 is 0 Å². The standard InChI is InChI=1S/C14H27N3O/c1-14(2)9-12(15)6-8-17(14)13(18)11-5-4-7-16(3)10-11/h11-12H,4-10,15H2,1-3H3. The summed E-state index contributed by atoms with van der Waals surface area (Å²) >= 11 is 0. The highest BCUT2D eigenvalue weighted by Crippen LogP contribution is 2.30. The molecule has 0 radical (unpaired) electrons. The molecular weight excluding hydrogens is 226 g/mol. The molecule has 1 amide bonds. The summed E-state index contributed by atoms with van der Waals surface area (Å²) in [5.74, 6) is 0.538. The fourth-order valence-electron chi connectivity index (χ4n) is 3.45. The van der Waals surface area contributed by atoms with E-state index in [0.29, 0.717) is 5.91 Å². The van der Waals surface area contributed by atoms with Gasteiger partial charge in [-0.15, -0.1) is 0 Å². The van der Waals surface area contributed by atoms with Crippen LogP contribution in [0.25, 0.3) is 0 Å². The van der Waals surface area contributed by atoms with Gasteiger partial charge in [0.2, 0.25) is 5.91 Å². The molecule has 2 saturated heterocycles. The van der Waals surface area contributed by atoms with Crippen molar-refractivity contribution in [1.29, 1.82) is 0 Å². The predicted molar refractivity (Wildman–Crippen MR) is 73.2 cm³/mol. The topological polar surface area (TPSA) is 49.6 Å². The molecule has 2 fully saturated rings. The third kappa shape index (κ3) is 2.86. The van der Waals surface area contributed by atoms with E-state index in [4.69, 9.17) is 5.73 Å². The predicted octanol–water partition coefficient (Wildman–Crippen LogP) is 1.06. The third-order valence-corrected chi connectivity index (χ3v) is 4.46. The number of carbonyl (C=O) groups is 1. The molecule has 4 heteroatoms. The second kappa shape index (κ2) is 5.17. The maximum Gasteiger partial charge on any atom is 0.227 e. The lowest BCUT2D eigenvalue weighted by atomic mass is 9.85. The van der Waals surface area contributed by atoms with Gasteiger partial charge in [-0.25, -0.2) is 0 Å². The molecule has 2 aliphatic rings. The lowest BCUT2D eigenvalue weighted by molar-refractivity contribution is -0.145. The Morgan fingerprint density at radius 1 is 1.28 bits per heavy atom. The molecule has 0 aromatic carbocycles. The largest absolute Gasteiger partial charge is 0.337 e. The molecule has 2 rings (SSSR count). The number of nitrogens with zero attached hydrogens (tertiary/aromatic N) is 2. The van der Waals surface area contributed by atoms with Gasteiger partial charge in [-0.2, -0.15) is 0 Å². The van der Waals surface area contributed by atoms with Crippen LogP contribution in [-0.4, -0.2) is 54.0 Å². The van der Waals surface area contributed by atoms with E-state index >= 15 is 0 Å². The minimum atomic E-state index is -0.0786. The number of hydrogen-bond donors (Lipinski definition) is 1. The Kier molecular flexibility index (Phi) is 3.97. The Hall–Kier alpha value is -0.610. The van der Waals surface area contributed by atoms with Crippen molar-refractivity contribution in [3.8, 4) is 0 Å². The quantitative estimate of drug-likeness (QED) is 0.760.